The fraction of sp³-hybridized carbons (Fsp3) is 0.588. The van der Waals surface area contributed by atoms with Crippen LogP contribution >= 0.6 is 0 Å². The van der Waals surface area contributed by atoms with Crippen molar-refractivity contribution < 1.29 is 9.53 Å². The van der Waals surface area contributed by atoms with E-state index in [9.17, 15) is 4.79 Å². The van der Waals surface area contributed by atoms with Gasteiger partial charge in [-0.2, -0.15) is 0 Å². The van der Waals surface area contributed by atoms with Gasteiger partial charge < -0.3 is 15.8 Å². The number of benzene rings is 1. The quantitative estimate of drug-likeness (QED) is 0.758. The zero-order valence-corrected chi connectivity index (χ0v) is 13.0. The summed E-state index contributed by atoms with van der Waals surface area (Å²) in [6.07, 6.45) is 5.11. The van der Waals surface area contributed by atoms with E-state index in [0.717, 1.165) is 19.3 Å². The maximum atomic E-state index is 11.4. The number of aryl methyl sites for hydroxylation is 1. The van der Waals surface area contributed by atoms with Crippen molar-refractivity contribution in [1.82, 2.24) is 5.32 Å². The molecule has 0 radical (unpaired) electrons. The Balaban J connectivity index is 1.84. The maximum Gasteiger partial charge on any atom is 0.237 e. The van der Waals surface area contributed by atoms with Crippen molar-refractivity contribution in [3.8, 4) is 0 Å². The number of carbonyl (C=O) groups excluding carboxylic acids is 1. The number of nitrogens with one attached hydrogen (secondary N) is 1. The van der Waals surface area contributed by atoms with Gasteiger partial charge in [0.2, 0.25) is 5.91 Å². The van der Waals surface area contributed by atoms with Crippen LogP contribution in [0.5, 0.6) is 0 Å². The highest BCUT2D eigenvalue weighted by Gasteiger charge is 2.28. The highest BCUT2D eigenvalue weighted by molar-refractivity contribution is 5.84. The molecule has 2 atom stereocenters. The second-order valence-corrected chi connectivity index (χ2v) is 6.00. The molecular formula is C17H26N2O2. The van der Waals surface area contributed by atoms with Crippen LogP contribution in [0.15, 0.2) is 24.3 Å². The van der Waals surface area contributed by atoms with Crippen molar-refractivity contribution in [3.63, 3.8) is 0 Å². The second-order valence-electron chi connectivity index (χ2n) is 6.00. The topological polar surface area (TPSA) is 64.3 Å². The van der Waals surface area contributed by atoms with Gasteiger partial charge in [-0.25, -0.2) is 0 Å². The maximum absolute atomic E-state index is 11.4. The molecule has 1 aromatic carbocycles. The summed E-state index contributed by atoms with van der Waals surface area (Å²) in [5, 5.41) is 3.00. The van der Waals surface area contributed by atoms with Crippen LogP contribution < -0.4 is 11.1 Å². The minimum Gasteiger partial charge on any atom is -0.374 e. The highest BCUT2D eigenvalue weighted by atomic mass is 16.5. The first-order valence-corrected chi connectivity index (χ1v) is 7.75. The molecule has 4 heteroatoms. The monoisotopic (exact) mass is 290 g/mol. The van der Waals surface area contributed by atoms with E-state index in [0.29, 0.717) is 13.0 Å². The van der Waals surface area contributed by atoms with Crippen LogP contribution in [0.4, 0.5) is 0 Å². The minimum absolute atomic E-state index is 0.198. The van der Waals surface area contributed by atoms with Crippen molar-refractivity contribution in [3.05, 3.63) is 35.4 Å². The SMILES string of the molecule is CNC(C)(CCCOC1CCCc2ccccc21)C(N)=O. The van der Waals surface area contributed by atoms with Gasteiger partial charge in [0.25, 0.3) is 0 Å². The second kappa shape index (κ2) is 7.05. The van der Waals surface area contributed by atoms with Gasteiger partial charge >= 0.3 is 0 Å². The highest BCUT2D eigenvalue weighted by Crippen LogP contribution is 2.32. The molecule has 0 aliphatic heterocycles. The molecule has 0 spiro atoms. The predicted molar refractivity (Wildman–Crippen MR) is 84.0 cm³/mol. The largest absolute Gasteiger partial charge is 0.374 e. The van der Waals surface area contributed by atoms with E-state index in [4.69, 9.17) is 10.5 Å². The third-order valence-corrected chi connectivity index (χ3v) is 4.55. The van der Waals surface area contributed by atoms with Crippen LogP contribution in [0, 0.1) is 0 Å². The average molecular weight is 290 g/mol. The molecule has 2 unspecified atom stereocenters. The molecule has 0 heterocycles. The lowest BCUT2D eigenvalue weighted by molar-refractivity contribution is -0.124. The first kappa shape index (κ1) is 16.0. The molecule has 116 valence electrons. The Hall–Kier alpha value is -1.39. The third kappa shape index (κ3) is 3.83. The average Bonchev–Trinajstić information content (AvgIpc) is 2.51. The van der Waals surface area contributed by atoms with E-state index < -0.39 is 5.54 Å². The summed E-state index contributed by atoms with van der Waals surface area (Å²) >= 11 is 0. The summed E-state index contributed by atoms with van der Waals surface area (Å²) in [4.78, 5) is 11.4. The minimum atomic E-state index is -0.645. The van der Waals surface area contributed by atoms with Gasteiger partial charge in [-0.05, 0) is 57.2 Å². The Morgan fingerprint density at radius 3 is 2.95 bits per heavy atom. The number of rotatable bonds is 7. The molecule has 2 rings (SSSR count). The molecule has 0 saturated heterocycles. The van der Waals surface area contributed by atoms with Crippen LogP contribution in [-0.2, 0) is 16.0 Å². The summed E-state index contributed by atoms with van der Waals surface area (Å²) in [7, 11) is 1.77. The first-order valence-electron chi connectivity index (χ1n) is 7.75. The smallest absolute Gasteiger partial charge is 0.237 e. The molecule has 1 aliphatic carbocycles. The van der Waals surface area contributed by atoms with Crippen molar-refractivity contribution in [1.29, 1.82) is 0 Å². The normalized spacial score (nSPS) is 20.6. The van der Waals surface area contributed by atoms with Crippen molar-refractivity contribution >= 4 is 5.91 Å². The standard InChI is InChI=1S/C17H26N2O2/c1-17(19-2,16(18)20)11-6-12-21-15-10-5-8-13-7-3-4-9-14(13)15/h3-4,7,9,15,19H,5-6,8,10-12H2,1-2H3,(H2,18,20). The Labute approximate surface area is 127 Å². The van der Waals surface area contributed by atoms with Gasteiger partial charge in [0.05, 0.1) is 11.6 Å². The number of fused-ring (bicyclic) bond motifs is 1. The number of primary amides is 1. The van der Waals surface area contributed by atoms with E-state index in [1.807, 2.05) is 6.92 Å². The van der Waals surface area contributed by atoms with Crippen molar-refractivity contribution in [2.24, 2.45) is 5.73 Å². The van der Waals surface area contributed by atoms with E-state index in [-0.39, 0.29) is 12.0 Å². The molecule has 1 amide bonds. The van der Waals surface area contributed by atoms with E-state index in [1.165, 1.54) is 17.5 Å². The molecule has 4 nitrogen and oxygen atoms in total. The number of hydrogen-bond donors (Lipinski definition) is 2. The number of amides is 1. The van der Waals surface area contributed by atoms with Gasteiger partial charge in [-0.15, -0.1) is 0 Å². The summed E-state index contributed by atoms with van der Waals surface area (Å²) in [5.74, 6) is -0.312. The Morgan fingerprint density at radius 2 is 2.24 bits per heavy atom. The Morgan fingerprint density at radius 1 is 1.48 bits per heavy atom. The van der Waals surface area contributed by atoms with Crippen molar-refractivity contribution in [2.45, 2.75) is 50.7 Å². The fourth-order valence-corrected chi connectivity index (χ4v) is 2.91. The fourth-order valence-electron chi connectivity index (χ4n) is 2.91. The van der Waals surface area contributed by atoms with Gasteiger partial charge in [0.15, 0.2) is 0 Å². The summed E-state index contributed by atoms with van der Waals surface area (Å²) < 4.78 is 6.05. The zero-order chi connectivity index (χ0) is 15.3. The van der Waals surface area contributed by atoms with Crippen LogP contribution in [0.3, 0.4) is 0 Å². The number of likely N-dealkylation sites (N-methyl/N-ethyl adjacent to an activating group) is 1. The number of hydrogen-bond acceptors (Lipinski definition) is 3. The lowest BCUT2D eigenvalue weighted by Gasteiger charge is -2.28. The molecule has 0 saturated carbocycles. The lowest BCUT2D eigenvalue weighted by atomic mass is 9.89. The van der Waals surface area contributed by atoms with E-state index in [1.54, 1.807) is 7.05 Å². The molecule has 1 aromatic rings. The van der Waals surface area contributed by atoms with Gasteiger partial charge in [0, 0.05) is 6.61 Å². The van der Waals surface area contributed by atoms with E-state index >= 15 is 0 Å². The number of ether oxygens (including phenoxy) is 1. The number of nitrogens with two attached hydrogens (primary N) is 1. The lowest BCUT2D eigenvalue weighted by Crippen LogP contribution is -2.51. The molecule has 21 heavy (non-hydrogen) atoms. The zero-order valence-electron chi connectivity index (χ0n) is 13.0. The van der Waals surface area contributed by atoms with Crippen molar-refractivity contribution in [2.75, 3.05) is 13.7 Å². The molecule has 0 aromatic heterocycles. The first-order chi connectivity index (χ1) is 10.1. The van der Waals surface area contributed by atoms with Gasteiger partial charge in [-0.1, -0.05) is 24.3 Å². The molecule has 0 fully saturated rings. The van der Waals surface area contributed by atoms with Crippen LogP contribution in [0.25, 0.3) is 0 Å². The summed E-state index contributed by atoms with van der Waals surface area (Å²) in [6.45, 7) is 2.49. The molecular weight excluding hydrogens is 264 g/mol. The van der Waals surface area contributed by atoms with Crippen LogP contribution in [-0.4, -0.2) is 25.1 Å². The Kier molecular flexibility index (Phi) is 5.37. The Bertz CT molecular complexity index is 489. The molecule has 0 bridgehead atoms. The van der Waals surface area contributed by atoms with E-state index in [2.05, 4.69) is 29.6 Å². The summed E-state index contributed by atoms with van der Waals surface area (Å²) in [6, 6.07) is 8.52. The van der Waals surface area contributed by atoms with Crippen LogP contribution in [0.2, 0.25) is 0 Å². The van der Waals surface area contributed by atoms with Gasteiger partial charge in [0.1, 0.15) is 0 Å². The number of carbonyl (C=O) groups is 1. The van der Waals surface area contributed by atoms with Crippen LogP contribution in [0.1, 0.15) is 49.8 Å². The predicted octanol–water partition coefficient (Wildman–Crippen LogP) is 2.32. The summed E-state index contributed by atoms with van der Waals surface area (Å²) in [5.41, 5.74) is 7.52. The van der Waals surface area contributed by atoms with Gasteiger partial charge in [-0.3, -0.25) is 4.79 Å². The molecule has 1 aliphatic rings. The molecule has 3 N–H and O–H groups in total. The third-order valence-electron chi connectivity index (χ3n) is 4.55.